The summed E-state index contributed by atoms with van der Waals surface area (Å²) in [5, 5.41) is 2.50. The molecular weight excluding hydrogens is 426 g/mol. The second-order valence-corrected chi connectivity index (χ2v) is 9.49. The van der Waals surface area contributed by atoms with Gasteiger partial charge in [0.15, 0.2) is 0 Å². The zero-order valence-corrected chi connectivity index (χ0v) is 18.3. The Labute approximate surface area is 180 Å². The number of hydrogen-bond donors (Lipinski definition) is 0. The molecule has 0 saturated carbocycles. The highest BCUT2D eigenvalue weighted by Gasteiger charge is 2.16. The molecule has 3 aromatic heterocycles. The van der Waals surface area contributed by atoms with Crippen molar-refractivity contribution < 1.29 is 4.79 Å². The standard InChI is InChI=1S/C21H18ClN3O2S2/c1-13-3-5-14(6-4-13)16-11-28-20-19(16)21(27)25(12-23-20)10-18(26)24(2)9-15-7-8-17(22)29-15/h3-8,11-12H,9-10H2,1-2H3. The molecule has 0 aliphatic carbocycles. The summed E-state index contributed by atoms with van der Waals surface area (Å²) in [4.78, 5) is 33.4. The largest absolute Gasteiger partial charge is 0.339 e. The van der Waals surface area contributed by atoms with Crippen LogP contribution in [0, 0.1) is 6.92 Å². The van der Waals surface area contributed by atoms with Gasteiger partial charge in [0.25, 0.3) is 5.56 Å². The number of aryl methyl sites for hydroxylation is 1. The summed E-state index contributed by atoms with van der Waals surface area (Å²) in [5.41, 5.74) is 2.78. The van der Waals surface area contributed by atoms with E-state index >= 15 is 0 Å². The van der Waals surface area contributed by atoms with E-state index in [9.17, 15) is 9.59 Å². The van der Waals surface area contributed by atoms with Gasteiger partial charge in [-0.25, -0.2) is 4.98 Å². The van der Waals surface area contributed by atoms with Crippen LogP contribution in [-0.2, 0) is 17.9 Å². The van der Waals surface area contributed by atoms with Gasteiger partial charge < -0.3 is 4.90 Å². The highest BCUT2D eigenvalue weighted by atomic mass is 35.5. The average molecular weight is 444 g/mol. The van der Waals surface area contributed by atoms with Crippen molar-refractivity contribution in [3.8, 4) is 11.1 Å². The average Bonchev–Trinajstić information content (AvgIpc) is 3.31. The van der Waals surface area contributed by atoms with Crippen LogP contribution < -0.4 is 5.56 Å². The first-order valence-corrected chi connectivity index (χ1v) is 11.0. The Balaban J connectivity index is 1.61. The smallest absolute Gasteiger partial charge is 0.263 e. The number of carbonyl (C=O) groups is 1. The highest BCUT2D eigenvalue weighted by molar-refractivity contribution is 7.17. The minimum absolute atomic E-state index is 0.0550. The first kappa shape index (κ1) is 19.8. The molecule has 0 spiro atoms. The van der Waals surface area contributed by atoms with Crippen LogP contribution >= 0.6 is 34.3 Å². The number of halogens is 1. The monoisotopic (exact) mass is 443 g/mol. The topological polar surface area (TPSA) is 55.2 Å². The summed E-state index contributed by atoms with van der Waals surface area (Å²) >= 11 is 8.83. The summed E-state index contributed by atoms with van der Waals surface area (Å²) < 4.78 is 2.07. The summed E-state index contributed by atoms with van der Waals surface area (Å²) in [6.07, 6.45) is 1.45. The fourth-order valence-electron chi connectivity index (χ4n) is 3.05. The maximum Gasteiger partial charge on any atom is 0.263 e. The number of hydrogen-bond acceptors (Lipinski definition) is 5. The van der Waals surface area contributed by atoms with Crippen LogP contribution in [0.2, 0.25) is 4.34 Å². The van der Waals surface area contributed by atoms with E-state index in [1.54, 1.807) is 11.9 Å². The second kappa shape index (κ2) is 8.10. The third kappa shape index (κ3) is 4.12. The van der Waals surface area contributed by atoms with E-state index in [0.29, 0.717) is 21.1 Å². The van der Waals surface area contributed by atoms with Gasteiger partial charge in [0.1, 0.15) is 11.4 Å². The number of aromatic nitrogens is 2. The lowest BCUT2D eigenvalue weighted by atomic mass is 10.1. The quantitative estimate of drug-likeness (QED) is 0.445. The zero-order valence-electron chi connectivity index (χ0n) is 15.9. The fraction of sp³-hybridized carbons (Fsp3) is 0.190. The number of nitrogens with zero attached hydrogens (tertiary/aromatic N) is 3. The molecule has 8 heteroatoms. The number of carbonyl (C=O) groups excluding carboxylic acids is 1. The maximum atomic E-state index is 13.1. The molecule has 29 heavy (non-hydrogen) atoms. The molecule has 5 nitrogen and oxygen atoms in total. The molecule has 0 unspecified atom stereocenters. The van der Waals surface area contributed by atoms with Crippen LogP contribution in [0.4, 0.5) is 0 Å². The van der Waals surface area contributed by atoms with E-state index in [1.165, 1.54) is 33.6 Å². The predicted octanol–water partition coefficient (Wildman–Crippen LogP) is 4.81. The third-order valence-electron chi connectivity index (χ3n) is 4.68. The van der Waals surface area contributed by atoms with Gasteiger partial charge in [-0.15, -0.1) is 22.7 Å². The van der Waals surface area contributed by atoms with Crippen LogP contribution in [-0.4, -0.2) is 27.4 Å². The summed E-state index contributed by atoms with van der Waals surface area (Å²) in [6.45, 7) is 2.42. The third-order valence-corrected chi connectivity index (χ3v) is 6.78. The number of likely N-dealkylation sites (N-methyl/N-ethyl adjacent to an activating group) is 1. The molecule has 0 radical (unpaired) electrons. The van der Waals surface area contributed by atoms with E-state index in [-0.39, 0.29) is 18.0 Å². The molecule has 0 bridgehead atoms. The fourth-order valence-corrected chi connectivity index (χ4v) is 5.10. The van der Waals surface area contributed by atoms with E-state index in [2.05, 4.69) is 4.98 Å². The number of fused-ring (bicyclic) bond motifs is 1. The Bertz CT molecular complexity index is 1240. The molecule has 4 aromatic rings. The van der Waals surface area contributed by atoms with Crippen molar-refractivity contribution in [3.63, 3.8) is 0 Å². The lowest BCUT2D eigenvalue weighted by Gasteiger charge is -2.17. The Morgan fingerprint density at radius 2 is 1.97 bits per heavy atom. The summed E-state index contributed by atoms with van der Waals surface area (Å²) in [7, 11) is 1.72. The molecule has 0 fully saturated rings. The first-order chi connectivity index (χ1) is 13.9. The van der Waals surface area contributed by atoms with Crippen LogP contribution in [0.25, 0.3) is 21.3 Å². The van der Waals surface area contributed by atoms with Gasteiger partial charge in [-0.05, 0) is 24.6 Å². The van der Waals surface area contributed by atoms with Gasteiger partial charge in [-0.2, -0.15) is 0 Å². The van der Waals surface area contributed by atoms with Crippen molar-refractivity contribution in [1.82, 2.24) is 14.5 Å². The Hall–Kier alpha value is -2.48. The number of rotatable bonds is 5. The van der Waals surface area contributed by atoms with E-state index < -0.39 is 0 Å². The van der Waals surface area contributed by atoms with Crippen LogP contribution in [0.15, 0.2) is 52.9 Å². The van der Waals surface area contributed by atoms with E-state index in [0.717, 1.165) is 21.6 Å². The van der Waals surface area contributed by atoms with Crippen molar-refractivity contribution in [2.24, 2.45) is 0 Å². The van der Waals surface area contributed by atoms with Crippen molar-refractivity contribution >= 4 is 50.4 Å². The molecule has 1 aromatic carbocycles. The van der Waals surface area contributed by atoms with Crippen molar-refractivity contribution in [2.75, 3.05) is 7.05 Å². The summed E-state index contributed by atoms with van der Waals surface area (Å²) in [6, 6.07) is 11.7. The molecule has 0 aliphatic heterocycles. The molecule has 0 saturated heterocycles. The Kier molecular flexibility index (Phi) is 5.54. The van der Waals surface area contributed by atoms with E-state index in [4.69, 9.17) is 11.6 Å². The predicted molar refractivity (Wildman–Crippen MR) is 120 cm³/mol. The first-order valence-electron chi connectivity index (χ1n) is 8.94. The van der Waals surface area contributed by atoms with Crippen LogP contribution in [0.5, 0.6) is 0 Å². The van der Waals surface area contributed by atoms with Gasteiger partial charge >= 0.3 is 0 Å². The number of benzene rings is 1. The molecule has 1 amide bonds. The van der Waals surface area contributed by atoms with Crippen molar-refractivity contribution in [3.05, 3.63) is 73.2 Å². The van der Waals surface area contributed by atoms with Gasteiger partial charge in [0.05, 0.1) is 22.6 Å². The molecule has 148 valence electrons. The van der Waals surface area contributed by atoms with E-state index in [1.807, 2.05) is 48.7 Å². The van der Waals surface area contributed by atoms with Crippen molar-refractivity contribution in [2.45, 2.75) is 20.0 Å². The number of amides is 1. The number of thiophene rings is 2. The SMILES string of the molecule is Cc1ccc(-c2csc3ncn(CC(=O)N(C)Cc4ccc(Cl)s4)c(=O)c23)cc1. The molecule has 0 N–H and O–H groups in total. The van der Waals surface area contributed by atoms with Crippen LogP contribution in [0.3, 0.4) is 0 Å². The van der Waals surface area contributed by atoms with Gasteiger partial charge in [0, 0.05) is 22.9 Å². The lowest BCUT2D eigenvalue weighted by molar-refractivity contribution is -0.131. The molecule has 4 rings (SSSR count). The lowest BCUT2D eigenvalue weighted by Crippen LogP contribution is -2.33. The van der Waals surface area contributed by atoms with Gasteiger partial charge in [-0.1, -0.05) is 41.4 Å². The van der Waals surface area contributed by atoms with Gasteiger partial charge in [0.2, 0.25) is 5.91 Å². The molecule has 0 atom stereocenters. The molecule has 0 aliphatic rings. The molecule has 3 heterocycles. The minimum atomic E-state index is -0.201. The normalized spacial score (nSPS) is 11.1. The maximum absolute atomic E-state index is 13.1. The Morgan fingerprint density at radius 3 is 2.66 bits per heavy atom. The van der Waals surface area contributed by atoms with Crippen LogP contribution in [0.1, 0.15) is 10.4 Å². The van der Waals surface area contributed by atoms with Gasteiger partial charge in [-0.3, -0.25) is 14.2 Å². The second-order valence-electron chi connectivity index (χ2n) is 6.83. The zero-order chi connectivity index (χ0) is 20.5. The summed E-state index contributed by atoms with van der Waals surface area (Å²) in [5.74, 6) is -0.162. The highest BCUT2D eigenvalue weighted by Crippen LogP contribution is 2.30. The Morgan fingerprint density at radius 1 is 1.21 bits per heavy atom. The minimum Gasteiger partial charge on any atom is -0.339 e. The molecular formula is C21H18ClN3O2S2. The van der Waals surface area contributed by atoms with Crippen molar-refractivity contribution in [1.29, 1.82) is 0 Å².